The van der Waals surface area contributed by atoms with Crippen LogP contribution < -0.4 is 32.3 Å². The van der Waals surface area contributed by atoms with E-state index < -0.39 is 37.0 Å². The summed E-state index contributed by atoms with van der Waals surface area (Å²) in [6, 6.07) is 50.6. The third-order valence-electron chi connectivity index (χ3n) is 26.3. The van der Waals surface area contributed by atoms with Crippen molar-refractivity contribution in [3.8, 4) is 85.1 Å². The highest BCUT2D eigenvalue weighted by Crippen LogP contribution is 2.60. The molecular weight excluding hydrogens is 1910 g/mol. The van der Waals surface area contributed by atoms with Crippen LogP contribution in [0.25, 0.3) is 99.2 Å². The molecule has 0 radical (unpaired) electrons. The number of aromatic hydroxyl groups is 2. The maximum atomic E-state index is 10.7. The number of aryl methyl sites for hydroxylation is 12. The number of methoxy groups -OCH3 is 3. The zero-order valence-corrected chi connectivity index (χ0v) is 98.2. The van der Waals surface area contributed by atoms with Crippen molar-refractivity contribution in [2.45, 2.75) is 319 Å². The fraction of sp³-hybridized carbons (Fsp3) is 0.415. The topological polar surface area (TPSA) is 184 Å². The van der Waals surface area contributed by atoms with Crippen molar-refractivity contribution in [3.05, 3.63) is 262 Å². The molecule has 15 nitrogen and oxygen atoms in total. The first-order valence-electron chi connectivity index (χ1n) is 49.6. The van der Waals surface area contributed by atoms with Crippen molar-refractivity contribution < 1.29 is 67.7 Å². The molecule has 0 saturated heterocycles. The van der Waals surface area contributed by atoms with Gasteiger partial charge in [0.25, 0.3) is 6.85 Å². The molecule has 3 heterocycles. The lowest BCUT2D eigenvalue weighted by molar-refractivity contribution is 0.410. The van der Waals surface area contributed by atoms with Crippen LogP contribution in [0.1, 0.15) is 304 Å². The van der Waals surface area contributed by atoms with Gasteiger partial charge in [-0.15, -0.1) is 0 Å². The van der Waals surface area contributed by atoms with Crippen LogP contribution >= 0.6 is 54.1 Å². The van der Waals surface area contributed by atoms with Gasteiger partial charge in [-0.1, -0.05) is 242 Å². The summed E-state index contributed by atoms with van der Waals surface area (Å²) >= 11 is 12.9. The third kappa shape index (κ3) is 24.0. The van der Waals surface area contributed by atoms with Crippen molar-refractivity contribution in [1.29, 1.82) is 0 Å². The van der Waals surface area contributed by atoms with Crippen LogP contribution in [-0.4, -0.2) is 31.5 Å². The van der Waals surface area contributed by atoms with E-state index in [0.717, 1.165) is 205 Å². The molecule has 768 valence electrons. The van der Waals surface area contributed by atoms with Gasteiger partial charge in [-0.3, -0.25) is 0 Å². The van der Waals surface area contributed by atoms with Crippen molar-refractivity contribution >= 4 is 120 Å². The Hall–Kier alpha value is -10.5. The van der Waals surface area contributed by atoms with E-state index in [2.05, 4.69) is 346 Å². The highest BCUT2D eigenvalue weighted by molar-refractivity contribution is 8.00. The Balaban J connectivity index is 0.000000205. The van der Waals surface area contributed by atoms with Gasteiger partial charge in [0.2, 0.25) is 0 Å². The summed E-state index contributed by atoms with van der Waals surface area (Å²) in [5.41, 5.74) is 28.0. The second-order valence-electron chi connectivity index (χ2n) is 48.7. The van der Waals surface area contributed by atoms with E-state index in [0.29, 0.717) is 51.2 Å². The molecule has 15 aromatic rings. The summed E-state index contributed by atoms with van der Waals surface area (Å²) < 4.78 is 89.1. The Morgan fingerprint density at radius 1 is 0.222 bits per heavy atom. The molecule has 15 rings (SSSR count). The van der Waals surface area contributed by atoms with E-state index in [9.17, 15) is 10.2 Å². The van der Waals surface area contributed by atoms with E-state index in [4.69, 9.17) is 80.0 Å². The number of fused-ring (bicyclic) bond motifs is 9. The summed E-state index contributed by atoms with van der Waals surface area (Å²) in [5.74, 6) is 5.04. The van der Waals surface area contributed by atoms with Crippen LogP contribution in [0, 0.1) is 83.1 Å². The van der Waals surface area contributed by atoms with E-state index in [1.54, 1.807) is 21.3 Å². The van der Waals surface area contributed by atoms with Crippen LogP contribution in [-0.2, 0) is 48.7 Å². The minimum atomic E-state index is -2.13. The fourth-order valence-electron chi connectivity index (χ4n) is 19.1. The maximum absolute atomic E-state index is 10.7. The lowest BCUT2D eigenvalue weighted by atomic mass is 9.81. The minimum Gasteiger partial charge on any atom is -0.507 e. The largest absolute Gasteiger partial charge is 0.507 e. The molecule has 2 N–H and O–H groups in total. The molecule has 3 aromatic heterocycles. The Bertz CT molecular complexity index is 7500. The monoisotopic (exact) mass is 2060 g/mol. The molecule has 1 unspecified atom stereocenters. The van der Waals surface area contributed by atoms with Gasteiger partial charge in [-0.25, -0.2) is 0 Å². The predicted molar refractivity (Wildman–Crippen MR) is 610 cm³/mol. The van der Waals surface area contributed by atoms with Crippen LogP contribution in [0.3, 0.4) is 0 Å². The van der Waals surface area contributed by atoms with Gasteiger partial charge in [0.15, 0.2) is 0 Å². The second kappa shape index (κ2) is 41.0. The number of phenols is 2. The lowest BCUT2D eigenvalue weighted by Crippen LogP contribution is -2.15. The van der Waals surface area contributed by atoms with Gasteiger partial charge in [-0.05, 0) is 312 Å². The SMILES string of the molecule is COc1cc(-c2cc(C)cc(C(C)(C)C)c2Op2oc3c(C(C)(C)C)cc(C)cc3c3cc(C)cc(C(C)(C)C)c3o2)c(Op2oc3c(C)cc(C)cc3c3cc(C)cc(C)c3o2)c(C(C)(C)C)c1.COc1cc(-c2cc(C)cc(C(C)(C)C)c2Op2oc3c(C(C)(C)C)cc(C)cc3c3cc(OC)cc(C(C)(C)C)c3o2)c(OP(Cl)Cl)c(C(C)(C)C)c1.Cc1cc(C)c(O)c(-c2cc(C)cc(C(C)(C)C)c2O)c1. The maximum Gasteiger partial charge on any atom is 0.453 e. The van der Waals surface area contributed by atoms with Crippen LogP contribution in [0.2, 0.25) is 0 Å². The number of rotatable bonds is 14. The zero-order valence-electron chi connectivity index (χ0n) is 93.1. The van der Waals surface area contributed by atoms with Gasteiger partial charge in [0, 0.05) is 116 Å². The first kappa shape index (κ1) is 111. The van der Waals surface area contributed by atoms with E-state index in [1.807, 2.05) is 69.3 Å². The van der Waals surface area contributed by atoms with Crippen molar-refractivity contribution in [3.63, 3.8) is 0 Å². The number of ether oxygens (including phenoxy) is 3. The molecule has 12 aromatic carbocycles. The van der Waals surface area contributed by atoms with Gasteiger partial charge in [-0.2, -0.15) is 0 Å². The molecule has 0 amide bonds. The van der Waals surface area contributed by atoms with Crippen LogP contribution in [0.15, 0.2) is 171 Å². The Morgan fingerprint density at radius 2 is 0.431 bits per heavy atom. The minimum absolute atomic E-state index is 0.153. The molecule has 0 fully saturated rings. The highest BCUT2D eigenvalue weighted by atomic mass is 35.9. The van der Waals surface area contributed by atoms with E-state index in [-0.39, 0.29) is 54.8 Å². The molecule has 0 spiro atoms. The standard InChI is InChI=1S/C60H72O7P2.C44H56Cl2O6P2.C19H24O2/c1-33-21-38(6)51-41(23-33)42-24-34(2)22-39(7)52(42)63-68(62-51)67-56-46(31-40(61-20)32-50(56)60(17,18)19)45-27-37(5)30-49(59(14,15)16)55(45)66-69-64-53-43(25-35(3)28-47(53)57(8,9)10)44-26-36(4)29-48(54(44)65-69)58(11,12)13;1-25-17-29(31-21-27(47-15)23-35(43(9,10)11)37(31)49-53(45)46)38(33(19-25)41(3,4)5)50-54-51-39-30(18-26(2)20-34(39)42(6,7)8)32-22-28(48-16)24-36(40(32)52-54)44(12,13)14;1-11-7-13(3)17(20)14(8-11)15-9-12(2)10-16(18(15)21)19(4,5)6/h21-32H,1-20H3;17-24H,1-16H3;7-10,20-21H,1-6H3. The number of phenolic OH excluding ortho intramolecular Hbond substituents is 2. The summed E-state index contributed by atoms with van der Waals surface area (Å²) in [6.07, 6.45) is 0. The molecule has 0 aliphatic carbocycles. The molecule has 0 aliphatic rings. The van der Waals surface area contributed by atoms with Gasteiger partial charge < -0.3 is 67.7 Å². The molecule has 0 saturated carbocycles. The number of hydrogen-bond donors (Lipinski definition) is 2. The average molecular weight is 2070 g/mol. The highest BCUT2D eigenvalue weighted by Gasteiger charge is 2.38. The summed E-state index contributed by atoms with van der Waals surface area (Å²) in [7, 11) is -1.24. The van der Waals surface area contributed by atoms with E-state index in [1.165, 1.54) is 0 Å². The first-order valence-corrected chi connectivity index (χ1v) is 56.0. The molecule has 0 bridgehead atoms. The summed E-state index contributed by atoms with van der Waals surface area (Å²) in [6.45, 7) is 82.0. The van der Waals surface area contributed by atoms with Gasteiger partial charge >= 0.3 is 24.7 Å². The lowest BCUT2D eigenvalue weighted by Gasteiger charge is -2.28. The molecule has 21 heteroatoms. The Morgan fingerprint density at radius 3 is 0.743 bits per heavy atom. The zero-order chi connectivity index (χ0) is 107. The quantitative estimate of drug-likeness (QED) is 0.0980. The third-order valence-corrected chi connectivity index (χ3v) is 30.0. The summed E-state index contributed by atoms with van der Waals surface area (Å²) in [5, 5.41) is 26.9. The van der Waals surface area contributed by atoms with Crippen molar-refractivity contribution in [2.24, 2.45) is 0 Å². The fourth-order valence-corrected chi connectivity index (χ4v) is 23.3. The molecule has 144 heavy (non-hydrogen) atoms. The number of hydrogen-bond acceptors (Lipinski definition) is 15. The smallest absolute Gasteiger partial charge is 0.453 e. The summed E-state index contributed by atoms with van der Waals surface area (Å²) in [4.78, 5) is 0. The Labute approximate surface area is 869 Å². The number of halogens is 2. The Kier molecular flexibility index (Phi) is 31.5. The molecular formula is C123H152Cl2O15P4. The van der Waals surface area contributed by atoms with Crippen molar-refractivity contribution in [2.75, 3.05) is 21.3 Å². The predicted octanol–water partition coefficient (Wildman–Crippen LogP) is 40.3. The van der Waals surface area contributed by atoms with Crippen LogP contribution in [0.5, 0.6) is 51.7 Å². The van der Waals surface area contributed by atoms with Gasteiger partial charge in [0.05, 0.1) is 21.3 Å². The van der Waals surface area contributed by atoms with Gasteiger partial charge in [0.1, 0.15) is 85.2 Å². The first-order chi connectivity index (χ1) is 66.4. The molecule has 0 aliphatic heterocycles. The molecule has 1 atom stereocenters. The van der Waals surface area contributed by atoms with E-state index >= 15 is 0 Å². The van der Waals surface area contributed by atoms with Crippen molar-refractivity contribution in [1.82, 2.24) is 0 Å². The number of benzene rings is 12. The average Bonchev–Trinajstić information content (AvgIpc) is 1.50. The van der Waals surface area contributed by atoms with Crippen LogP contribution in [0.4, 0.5) is 0 Å². The normalized spacial score (nSPS) is 12.7. The second-order valence-corrected chi connectivity index (χ2v) is 54.7.